The lowest BCUT2D eigenvalue weighted by atomic mass is 10.1. The Kier molecular flexibility index (Phi) is 3.23. The molecule has 82 valence electrons. The highest BCUT2D eigenvalue weighted by atomic mass is 19.2. The van der Waals surface area contributed by atoms with Crippen molar-refractivity contribution < 1.29 is 27.2 Å². The lowest BCUT2D eigenvalue weighted by Gasteiger charge is -2.05. The molecule has 1 rings (SSSR count). The Bertz CT molecular complexity index is 389. The number of hydrogen-bond acceptors (Lipinski definition) is 2. The molecule has 0 saturated heterocycles. The Morgan fingerprint density at radius 1 is 0.867 bits per heavy atom. The molecule has 15 heavy (non-hydrogen) atoms. The highest BCUT2D eigenvalue weighted by molar-refractivity contribution is 5.61. The molecule has 0 aromatic heterocycles. The fourth-order valence-electron chi connectivity index (χ4n) is 0.962. The Morgan fingerprint density at radius 3 is 1.67 bits per heavy atom. The van der Waals surface area contributed by atoms with Crippen LogP contribution in [-0.4, -0.2) is 11.4 Å². The average molecular weight is 225 g/mol. The summed E-state index contributed by atoms with van der Waals surface area (Å²) in [7, 11) is 0. The van der Waals surface area contributed by atoms with Gasteiger partial charge in [-0.3, -0.25) is 0 Å². The second-order valence-corrected chi connectivity index (χ2v) is 2.55. The van der Waals surface area contributed by atoms with Crippen LogP contribution >= 0.6 is 0 Å². The van der Waals surface area contributed by atoms with E-state index in [0.717, 1.165) is 0 Å². The van der Waals surface area contributed by atoms with E-state index in [0.29, 0.717) is 6.21 Å². The van der Waals surface area contributed by atoms with E-state index in [1.54, 1.807) is 0 Å². The number of benzene rings is 1. The predicted octanol–water partition coefficient (Wildman–Crippen LogP) is 2.38. The van der Waals surface area contributed by atoms with E-state index in [2.05, 4.69) is 5.16 Å². The van der Waals surface area contributed by atoms with E-state index in [1.165, 1.54) is 0 Å². The summed E-state index contributed by atoms with van der Waals surface area (Å²) in [5, 5.41) is 10.4. The lowest BCUT2D eigenvalue weighted by Crippen LogP contribution is -2.07. The SMILES string of the molecule is ON=CCc1c(F)c(F)c(F)c(F)c1F. The van der Waals surface area contributed by atoms with Crippen molar-refractivity contribution in [1.82, 2.24) is 0 Å². The third-order valence-electron chi connectivity index (χ3n) is 1.68. The maximum absolute atomic E-state index is 12.9. The summed E-state index contributed by atoms with van der Waals surface area (Å²) >= 11 is 0. The van der Waals surface area contributed by atoms with Crippen molar-refractivity contribution in [1.29, 1.82) is 0 Å². The highest BCUT2D eigenvalue weighted by Gasteiger charge is 2.24. The van der Waals surface area contributed by atoms with Gasteiger partial charge < -0.3 is 5.21 Å². The molecular weight excluding hydrogens is 221 g/mol. The minimum absolute atomic E-state index is 0.609. The Labute approximate surface area is 80.6 Å². The molecule has 0 atom stereocenters. The first-order valence-corrected chi connectivity index (χ1v) is 3.66. The first-order chi connectivity index (χ1) is 7.00. The van der Waals surface area contributed by atoms with E-state index in [1.807, 2.05) is 0 Å². The summed E-state index contributed by atoms with van der Waals surface area (Å²) < 4.78 is 63.4. The molecule has 0 fully saturated rings. The molecule has 0 spiro atoms. The summed E-state index contributed by atoms with van der Waals surface area (Å²) in [5.74, 6) is -10.1. The first kappa shape index (κ1) is 11.4. The Morgan fingerprint density at radius 2 is 1.27 bits per heavy atom. The number of nitrogens with zero attached hydrogens (tertiary/aromatic N) is 1. The molecule has 0 aliphatic carbocycles. The summed E-state index contributed by atoms with van der Waals surface area (Å²) in [6.45, 7) is 0. The minimum atomic E-state index is -2.21. The van der Waals surface area contributed by atoms with Crippen LogP contribution in [0.1, 0.15) is 5.56 Å². The van der Waals surface area contributed by atoms with E-state index in [4.69, 9.17) is 5.21 Å². The summed E-state index contributed by atoms with van der Waals surface area (Å²) in [6, 6.07) is 0. The quantitative estimate of drug-likeness (QED) is 0.206. The second-order valence-electron chi connectivity index (χ2n) is 2.55. The highest BCUT2D eigenvalue weighted by Crippen LogP contribution is 2.22. The molecule has 2 nitrogen and oxygen atoms in total. The molecule has 0 bridgehead atoms. The number of hydrogen-bond donors (Lipinski definition) is 1. The van der Waals surface area contributed by atoms with Gasteiger partial charge >= 0.3 is 0 Å². The van der Waals surface area contributed by atoms with Crippen molar-refractivity contribution in [2.45, 2.75) is 6.42 Å². The average Bonchev–Trinajstić information content (AvgIpc) is 2.24. The van der Waals surface area contributed by atoms with Crippen LogP contribution in [0.5, 0.6) is 0 Å². The van der Waals surface area contributed by atoms with Crippen LogP contribution in [0.25, 0.3) is 0 Å². The van der Waals surface area contributed by atoms with Gasteiger partial charge in [0.05, 0.1) is 0 Å². The Hall–Kier alpha value is -1.66. The molecule has 7 heteroatoms. The minimum Gasteiger partial charge on any atom is -0.411 e. The zero-order chi connectivity index (χ0) is 11.6. The van der Waals surface area contributed by atoms with Crippen molar-refractivity contribution in [3.63, 3.8) is 0 Å². The van der Waals surface area contributed by atoms with Gasteiger partial charge in [0.2, 0.25) is 5.82 Å². The van der Waals surface area contributed by atoms with Crippen LogP contribution in [0.15, 0.2) is 5.16 Å². The van der Waals surface area contributed by atoms with Crippen molar-refractivity contribution in [3.8, 4) is 0 Å². The molecule has 0 aliphatic rings. The molecule has 0 radical (unpaired) electrons. The fourth-order valence-corrected chi connectivity index (χ4v) is 0.962. The summed E-state index contributed by atoms with van der Waals surface area (Å²) in [5.41, 5.74) is -1.04. The second kappa shape index (κ2) is 4.24. The van der Waals surface area contributed by atoms with Crippen molar-refractivity contribution in [3.05, 3.63) is 34.6 Å². The molecular formula is C8H4F5NO. The van der Waals surface area contributed by atoms with Crippen molar-refractivity contribution in [2.24, 2.45) is 5.16 Å². The molecule has 0 unspecified atom stereocenters. The van der Waals surface area contributed by atoms with E-state index >= 15 is 0 Å². The summed E-state index contributed by atoms with van der Waals surface area (Å²) in [4.78, 5) is 0. The number of rotatable bonds is 2. The number of oxime groups is 1. The molecule has 0 aliphatic heterocycles. The van der Waals surface area contributed by atoms with Gasteiger partial charge in [-0.2, -0.15) is 0 Å². The van der Waals surface area contributed by atoms with Crippen LogP contribution in [-0.2, 0) is 6.42 Å². The molecule has 1 N–H and O–H groups in total. The van der Waals surface area contributed by atoms with E-state index < -0.39 is 41.1 Å². The zero-order valence-corrected chi connectivity index (χ0v) is 7.07. The topological polar surface area (TPSA) is 32.6 Å². The summed E-state index contributed by atoms with van der Waals surface area (Å²) in [6.07, 6.45) is -0.0828. The van der Waals surface area contributed by atoms with Crippen LogP contribution in [0, 0.1) is 29.1 Å². The van der Waals surface area contributed by atoms with Gasteiger partial charge in [0, 0.05) is 18.2 Å². The maximum Gasteiger partial charge on any atom is 0.200 e. The molecule has 1 aromatic rings. The van der Waals surface area contributed by atoms with Gasteiger partial charge in [0.1, 0.15) is 0 Å². The molecule has 0 saturated carbocycles. The van der Waals surface area contributed by atoms with Gasteiger partial charge in [0.25, 0.3) is 0 Å². The monoisotopic (exact) mass is 225 g/mol. The number of halogens is 5. The van der Waals surface area contributed by atoms with Crippen LogP contribution in [0.4, 0.5) is 22.0 Å². The third-order valence-corrected chi connectivity index (χ3v) is 1.68. The molecule has 1 aromatic carbocycles. The maximum atomic E-state index is 12.9. The Balaban J connectivity index is 3.38. The van der Waals surface area contributed by atoms with Gasteiger partial charge in [-0.25, -0.2) is 22.0 Å². The molecule has 0 heterocycles. The van der Waals surface area contributed by atoms with Crippen LogP contribution in [0.3, 0.4) is 0 Å². The van der Waals surface area contributed by atoms with Gasteiger partial charge in [-0.1, -0.05) is 0 Å². The van der Waals surface area contributed by atoms with Gasteiger partial charge in [-0.15, -0.1) is 5.16 Å². The van der Waals surface area contributed by atoms with Gasteiger partial charge in [-0.05, 0) is 0 Å². The largest absolute Gasteiger partial charge is 0.411 e. The third kappa shape index (κ3) is 1.90. The normalized spacial score (nSPS) is 11.3. The lowest BCUT2D eigenvalue weighted by molar-refractivity contribution is 0.320. The van der Waals surface area contributed by atoms with Crippen molar-refractivity contribution in [2.75, 3.05) is 0 Å². The smallest absolute Gasteiger partial charge is 0.200 e. The van der Waals surface area contributed by atoms with Crippen LogP contribution in [0.2, 0.25) is 0 Å². The zero-order valence-electron chi connectivity index (χ0n) is 7.07. The standard InChI is InChI=1S/C8H4F5NO/c9-4-3(1-2-14-15)5(10)7(12)8(13)6(4)11/h2,15H,1H2. The first-order valence-electron chi connectivity index (χ1n) is 3.66. The predicted molar refractivity (Wildman–Crippen MR) is 40.2 cm³/mol. The van der Waals surface area contributed by atoms with Crippen molar-refractivity contribution >= 4 is 6.21 Å². The fraction of sp³-hybridized carbons (Fsp3) is 0.125. The molecule has 0 amide bonds. The van der Waals surface area contributed by atoms with Crippen LogP contribution < -0.4 is 0 Å². The van der Waals surface area contributed by atoms with Gasteiger partial charge in [0.15, 0.2) is 23.3 Å². The van der Waals surface area contributed by atoms with E-state index in [9.17, 15) is 22.0 Å². The van der Waals surface area contributed by atoms with E-state index in [-0.39, 0.29) is 0 Å².